The van der Waals surface area contributed by atoms with Crippen LogP contribution in [0.25, 0.3) is 0 Å². The van der Waals surface area contributed by atoms with E-state index >= 15 is 0 Å². The van der Waals surface area contributed by atoms with Crippen LogP contribution in [-0.4, -0.2) is 68.8 Å². The van der Waals surface area contributed by atoms with Gasteiger partial charge in [0.25, 0.3) is 0 Å². The van der Waals surface area contributed by atoms with Crippen LogP contribution in [0.1, 0.15) is 26.2 Å². The number of fused-ring (bicyclic) bond motifs is 1. The van der Waals surface area contributed by atoms with Crippen LogP contribution >= 0.6 is 0 Å². The smallest absolute Gasteiger partial charge is 0.214 e. The molecule has 2 aliphatic heterocycles. The molecule has 0 amide bonds. The average Bonchev–Trinajstić information content (AvgIpc) is 2.75. The molecule has 0 aromatic heterocycles. The molecule has 2 atom stereocenters. The summed E-state index contributed by atoms with van der Waals surface area (Å²) in [5.41, 5.74) is 0. The van der Waals surface area contributed by atoms with Gasteiger partial charge in [0.05, 0.1) is 24.5 Å². The predicted octanol–water partition coefficient (Wildman–Crippen LogP) is 0.521. The lowest BCUT2D eigenvalue weighted by atomic mass is 10.1. The number of hydrogen-bond acceptors (Lipinski definition) is 4. The second kappa shape index (κ2) is 5.86. The number of rotatable bonds is 5. The normalized spacial score (nSPS) is 30.6. The van der Waals surface area contributed by atoms with Crippen molar-refractivity contribution in [2.75, 3.05) is 39.0 Å². The van der Waals surface area contributed by atoms with E-state index in [1.807, 2.05) is 7.05 Å². The Kier molecular flexibility index (Phi) is 4.64. The minimum atomic E-state index is -3.09. The summed E-state index contributed by atoms with van der Waals surface area (Å²) < 4.78 is 31.7. The second-order valence-corrected chi connectivity index (χ2v) is 7.39. The molecule has 0 radical (unpaired) electrons. The SMILES string of the molecule is CCCCCS(=O)(=O)N1C[C@@H]2OCCN(C)[C@H]2C1. The molecule has 2 fully saturated rings. The van der Waals surface area contributed by atoms with Crippen molar-refractivity contribution >= 4 is 10.0 Å². The highest BCUT2D eigenvalue weighted by molar-refractivity contribution is 7.89. The van der Waals surface area contributed by atoms with Gasteiger partial charge in [-0.1, -0.05) is 19.8 Å². The Balaban J connectivity index is 1.94. The molecule has 0 spiro atoms. The van der Waals surface area contributed by atoms with E-state index in [1.165, 1.54) is 0 Å². The molecule has 2 heterocycles. The number of sulfonamides is 1. The van der Waals surface area contributed by atoms with Gasteiger partial charge in [-0.15, -0.1) is 0 Å². The van der Waals surface area contributed by atoms with Crippen molar-refractivity contribution in [3.8, 4) is 0 Å². The molecular weight excluding hydrogens is 252 g/mol. The zero-order chi connectivity index (χ0) is 13.2. The highest BCUT2D eigenvalue weighted by Crippen LogP contribution is 2.24. The van der Waals surface area contributed by atoms with E-state index in [9.17, 15) is 8.42 Å². The van der Waals surface area contributed by atoms with Gasteiger partial charge in [0.15, 0.2) is 0 Å². The van der Waals surface area contributed by atoms with Gasteiger partial charge in [-0.3, -0.25) is 4.90 Å². The van der Waals surface area contributed by atoms with Gasteiger partial charge in [-0.05, 0) is 13.5 Å². The first kappa shape index (κ1) is 14.2. The number of likely N-dealkylation sites (N-methyl/N-ethyl adjacent to an activating group) is 1. The molecule has 0 saturated carbocycles. The maximum absolute atomic E-state index is 12.2. The van der Waals surface area contributed by atoms with Crippen LogP contribution in [0.5, 0.6) is 0 Å². The lowest BCUT2D eigenvalue weighted by molar-refractivity contribution is -0.0366. The van der Waals surface area contributed by atoms with Gasteiger partial charge >= 0.3 is 0 Å². The first-order valence-corrected chi connectivity index (χ1v) is 8.45. The number of morpholine rings is 1. The molecule has 0 unspecified atom stereocenters. The Morgan fingerprint density at radius 1 is 1.28 bits per heavy atom. The van der Waals surface area contributed by atoms with Crippen LogP contribution < -0.4 is 0 Å². The average molecular weight is 276 g/mol. The molecule has 0 bridgehead atoms. The summed E-state index contributed by atoms with van der Waals surface area (Å²) in [7, 11) is -1.04. The third-order valence-electron chi connectivity index (χ3n) is 3.94. The van der Waals surface area contributed by atoms with Crippen molar-refractivity contribution in [2.45, 2.75) is 38.3 Å². The fourth-order valence-corrected chi connectivity index (χ4v) is 4.30. The van der Waals surface area contributed by atoms with Crippen molar-refractivity contribution < 1.29 is 13.2 Å². The van der Waals surface area contributed by atoms with Crippen LogP contribution in [0.3, 0.4) is 0 Å². The van der Waals surface area contributed by atoms with Gasteiger partial charge in [0.2, 0.25) is 10.0 Å². The molecule has 0 aromatic rings. The van der Waals surface area contributed by atoms with E-state index in [-0.39, 0.29) is 17.9 Å². The van der Waals surface area contributed by atoms with Crippen molar-refractivity contribution in [1.29, 1.82) is 0 Å². The van der Waals surface area contributed by atoms with Gasteiger partial charge in [-0.2, -0.15) is 4.31 Å². The summed E-state index contributed by atoms with van der Waals surface area (Å²) in [5.74, 6) is 0.282. The van der Waals surface area contributed by atoms with E-state index < -0.39 is 10.0 Å². The number of ether oxygens (including phenoxy) is 1. The van der Waals surface area contributed by atoms with Crippen molar-refractivity contribution in [2.24, 2.45) is 0 Å². The zero-order valence-electron chi connectivity index (χ0n) is 11.3. The lowest BCUT2D eigenvalue weighted by Gasteiger charge is -2.33. The van der Waals surface area contributed by atoms with Crippen LogP contribution in [0.4, 0.5) is 0 Å². The highest BCUT2D eigenvalue weighted by atomic mass is 32.2. The molecular formula is C12H24N2O3S. The minimum Gasteiger partial charge on any atom is -0.374 e. The summed E-state index contributed by atoms with van der Waals surface area (Å²) in [4.78, 5) is 2.22. The van der Waals surface area contributed by atoms with E-state index in [1.54, 1.807) is 4.31 Å². The monoisotopic (exact) mass is 276 g/mol. The quantitative estimate of drug-likeness (QED) is 0.687. The van der Waals surface area contributed by atoms with E-state index in [0.717, 1.165) is 25.8 Å². The van der Waals surface area contributed by atoms with E-state index in [0.29, 0.717) is 19.7 Å². The minimum absolute atomic E-state index is 0.0599. The third kappa shape index (κ3) is 3.04. The Hall–Kier alpha value is -0.170. The fourth-order valence-electron chi connectivity index (χ4n) is 2.71. The maximum Gasteiger partial charge on any atom is 0.214 e. The molecule has 5 nitrogen and oxygen atoms in total. The molecule has 6 heteroatoms. The van der Waals surface area contributed by atoms with E-state index in [4.69, 9.17) is 4.74 Å². The summed E-state index contributed by atoms with van der Waals surface area (Å²) in [5, 5.41) is 0. The van der Waals surface area contributed by atoms with Gasteiger partial charge in [0.1, 0.15) is 0 Å². The zero-order valence-corrected chi connectivity index (χ0v) is 12.2. The lowest BCUT2D eigenvalue weighted by Crippen LogP contribution is -2.48. The highest BCUT2D eigenvalue weighted by Gasteiger charge is 2.42. The maximum atomic E-state index is 12.2. The topological polar surface area (TPSA) is 49.9 Å². The molecule has 0 aromatic carbocycles. The van der Waals surface area contributed by atoms with Gasteiger partial charge in [0, 0.05) is 19.6 Å². The van der Waals surface area contributed by atoms with Gasteiger partial charge in [-0.25, -0.2) is 8.42 Å². The molecule has 0 N–H and O–H groups in total. The Labute approximate surface area is 110 Å². The fraction of sp³-hybridized carbons (Fsp3) is 1.00. The molecule has 2 saturated heterocycles. The third-order valence-corrected chi connectivity index (χ3v) is 5.83. The van der Waals surface area contributed by atoms with Crippen molar-refractivity contribution in [3.63, 3.8) is 0 Å². The van der Waals surface area contributed by atoms with Crippen molar-refractivity contribution in [1.82, 2.24) is 9.21 Å². The van der Waals surface area contributed by atoms with Gasteiger partial charge < -0.3 is 4.74 Å². The summed E-state index contributed by atoms with van der Waals surface area (Å²) in [6.45, 7) is 4.81. The number of unbranched alkanes of at least 4 members (excludes halogenated alkanes) is 2. The Morgan fingerprint density at radius 3 is 2.72 bits per heavy atom. The molecule has 18 heavy (non-hydrogen) atoms. The van der Waals surface area contributed by atoms with Crippen LogP contribution in [0, 0.1) is 0 Å². The van der Waals surface area contributed by atoms with Crippen molar-refractivity contribution in [3.05, 3.63) is 0 Å². The largest absolute Gasteiger partial charge is 0.374 e. The second-order valence-electron chi connectivity index (χ2n) is 5.30. The summed E-state index contributed by atoms with van der Waals surface area (Å²) >= 11 is 0. The molecule has 2 rings (SSSR count). The van der Waals surface area contributed by atoms with Crippen LogP contribution in [0.15, 0.2) is 0 Å². The Morgan fingerprint density at radius 2 is 2.06 bits per heavy atom. The summed E-state index contributed by atoms with van der Waals surface area (Å²) in [6.07, 6.45) is 2.86. The Bertz CT molecular complexity index is 372. The first-order valence-electron chi connectivity index (χ1n) is 6.84. The standard InChI is InChI=1S/C12H24N2O3S/c1-3-4-5-8-18(15,16)14-9-11-12(10-14)17-7-6-13(11)2/h11-12H,3-10H2,1-2H3/t11-,12-/m0/s1. The van der Waals surface area contributed by atoms with Crippen LogP contribution in [0.2, 0.25) is 0 Å². The van der Waals surface area contributed by atoms with E-state index in [2.05, 4.69) is 11.8 Å². The molecule has 106 valence electrons. The molecule has 2 aliphatic rings. The summed E-state index contributed by atoms with van der Waals surface area (Å²) in [6, 6.07) is 0.236. The van der Waals surface area contributed by atoms with Crippen LogP contribution in [-0.2, 0) is 14.8 Å². The number of hydrogen-bond donors (Lipinski definition) is 0. The number of nitrogens with zero attached hydrogens (tertiary/aromatic N) is 2. The molecule has 0 aliphatic carbocycles. The first-order chi connectivity index (χ1) is 8.54. The predicted molar refractivity (Wildman–Crippen MR) is 71.0 cm³/mol.